The maximum absolute atomic E-state index is 11.3. The number of hydrogen-bond donors (Lipinski definition) is 2. The summed E-state index contributed by atoms with van der Waals surface area (Å²) in [6, 6.07) is -0.0670. The molecule has 100 valence electrons. The number of nitrogens with one attached hydrogen (secondary N) is 2. The molecule has 0 fully saturated rings. The quantitative estimate of drug-likeness (QED) is 0.736. The topological polar surface area (TPSA) is 61.4 Å². The molecular formula is C12H25N3O2. The van der Waals surface area contributed by atoms with Gasteiger partial charge >= 0.3 is 6.03 Å². The summed E-state index contributed by atoms with van der Waals surface area (Å²) in [7, 11) is 0. The van der Waals surface area contributed by atoms with E-state index in [0.29, 0.717) is 19.0 Å². The summed E-state index contributed by atoms with van der Waals surface area (Å²) < 4.78 is 0. The number of hydrogen-bond acceptors (Lipinski definition) is 2. The number of rotatable bonds is 6. The third-order valence-electron chi connectivity index (χ3n) is 2.12. The first-order chi connectivity index (χ1) is 7.82. The largest absolute Gasteiger partial charge is 0.341 e. The Kier molecular flexibility index (Phi) is 7.34. The lowest BCUT2D eigenvalue weighted by atomic mass is 10.2. The van der Waals surface area contributed by atoms with Gasteiger partial charge < -0.3 is 15.5 Å². The Hall–Kier alpha value is -1.26. The van der Waals surface area contributed by atoms with Crippen molar-refractivity contribution in [2.45, 2.75) is 40.7 Å². The molecule has 0 radical (unpaired) electrons. The van der Waals surface area contributed by atoms with Gasteiger partial charge in [0.2, 0.25) is 5.91 Å². The zero-order valence-electron chi connectivity index (χ0n) is 11.5. The minimum atomic E-state index is -0.187. The van der Waals surface area contributed by atoms with Crippen LogP contribution in [0.4, 0.5) is 4.79 Å². The van der Waals surface area contributed by atoms with Crippen molar-refractivity contribution in [1.29, 1.82) is 0 Å². The van der Waals surface area contributed by atoms with Gasteiger partial charge in [-0.25, -0.2) is 4.79 Å². The Morgan fingerprint density at radius 2 is 1.76 bits per heavy atom. The van der Waals surface area contributed by atoms with E-state index in [1.54, 1.807) is 11.8 Å². The fraction of sp³-hybridized carbons (Fsp3) is 0.833. The van der Waals surface area contributed by atoms with Crippen LogP contribution in [0.25, 0.3) is 0 Å². The van der Waals surface area contributed by atoms with E-state index >= 15 is 0 Å². The second-order valence-electron chi connectivity index (χ2n) is 4.91. The van der Waals surface area contributed by atoms with Gasteiger partial charge in [0.25, 0.3) is 0 Å². The highest BCUT2D eigenvalue weighted by Gasteiger charge is 2.10. The Morgan fingerprint density at radius 1 is 1.18 bits per heavy atom. The van der Waals surface area contributed by atoms with E-state index < -0.39 is 0 Å². The van der Waals surface area contributed by atoms with Crippen molar-refractivity contribution in [3.63, 3.8) is 0 Å². The van der Waals surface area contributed by atoms with Crippen molar-refractivity contribution in [3.8, 4) is 0 Å². The summed E-state index contributed by atoms with van der Waals surface area (Å²) in [5, 5.41) is 5.46. The molecule has 0 aromatic rings. The molecule has 0 aliphatic carbocycles. The zero-order valence-corrected chi connectivity index (χ0v) is 11.5. The molecule has 0 aliphatic rings. The predicted molar refractivity (Wildman–Crippen MR) is 68.8 cm³/mol. The summed E-state index contributed by atoms with van der Waals surface area (Å²) in [6.07, 6.45) is 0. The molecule has 0 atom stereocenters. The van der Waals surface area contributed by atoms with Crippen molar-refractivity contribution in [3.05, 3.63) is 0 Å². The molecule has 0 heterocycles. The highest BCUT2D eigenvalue weighted by atomic mass is 16.2. The molecule has 5 heteroatoms. The van der Waals surface area contributed by atoms with Crippen molar-refractivity contribution >= 4 is 11.9 Å². The Bertz CT molecular complexity index is 252. The first-order valence-corrected chi connectivity index (χ1v) is 6.12. The summed E-state index contributed by atoms with van der Waals surface area (Å²) in [5.41, 5.74) is 0. The standard InChI is InChI=1S/C12H25N3O2/c1-9(2)8-15(11(5)16)7-6-13-12(17)14-10(3)4/h9-10H,6-8H2,1-5H3,(H2,13,14,17). The SMILES string of the molecule is CC(=O)N(CCNC(=O)NC(C)C)CC(C)C. The summed E-state index contributed by atoms with van der Waals surface area (Å²) in [6.45, 7) is 11.2. The van der Waals surface area contributed by atoms with Gasteiger partial charge in [-0.15, -0.1) is 0 Å². The van der Waals surface area contributed by atoms with Gasteiger partial charge in [-0.1, -0.05) is 13.8 Å². The summed E-state index contributed by atoms with van der Waals surface area (Å²) >= 11 is 0. The van der Waals surface area contributed by atoms with Gasteiger partial charge in [0.1, 0.15) is 0 Å². The minimum absolute atomic E-state index is 0.0461. The van der Waals surface area contributed by atoms with Gasteiger partial charge in [0.05, 0.1) is 0 Å². The van der Waals surface area contributed by atoms with Crippen LogP contribution in [0.5, 0.6) is 0 Å². The lowest BCUT2D eigenvalue weighted by Gasteiger charge is -2.23. The molecule has 0 bridgehead atoms. The van der Waals surface area contributed by atoms with Crippen LogP contribution in [0.2, 0.25) is 0 Å². The molecule has 0 spiro atoms. The molecule has 5 nitrogen and oxygen atoms in total. The summed E-state index contributed by atoms with van der Waals surface area (Å²) in [4.78, 5) is 24.4. The molecule has 2 N–H and O–H groups in total. The third kappa shape index (κ3) is 8.54. The molecule has 17 heavy (non-hydrogen) atoms. The number of amides is 3. The van der Waals surface area contributed by atoms with Crippen molar-refractivity contribution in [1.82, 2.24) is 15.5 Å². The van der Waals surface area contributed by atoms with E-state index in [2.05, 4.69) is 24.5 Å². The third-order valence-corrected chi connectivity index (χ3v) is 2.12. The maximum Gasteiger partial charge on any atom is 0.315 e. The van der Waals surface area contributed by atoms with Gasteiger partial charge in [0.15, 0.2) is 0 Å². The average Bonchev–Trinajstić information content (AvgIpc) is 2.13. The fourth-order valence-corrected chi connectivity index (χ4v) is 1.44. The molecule has 3 amide bonds. The van der Waals surface area contributed by atoms with Crippen LogP contribution in [-0.4, -0.2) is 42.5 Å². The molecule has 0 unspecified atom stereocenters. The predicted octanol–water partition coefficient (Wildman–Crippen LogP) is 1.20. The van der Waals surface area contributed by atoms with Gasteiger partial charge in [0, 0.05) is 32.6 Å². The fourth-order valence-electron chi connectivity index (χ4n) is 1.44. The minimum Gasteiger partial charge on any atom is -0.341 e. The lowest BCUT2D eigenvalue weighted by molar-refractivity contribution is -0.129. The zero-order chi connectivity index (χ0) is 13.4. The van der Waals surface area contributed by atoms with Crippen molar-refractivity contribution < 1.29 is 9.59 Å². The summed E-state index contributed by atoms with van der Waals surface area (Å²) in [5.74, 6) is 0.480. The van der Waals surface area contributed by atoms with Crippen molar-refractivity contribution in [2.24, 2.45) is 5.92 Å². The molecule has 0 aromatic heterocycles. The number of carbonyl (C=O) groups is 2. The second kappa shape index (κ2) is 7.92. The van der Waals surface area contributed by atoms with Crippen LogP contribution in [0.1, 0.15) is 34.6 Å². The van der Waals surface area contributed by atoms with E-state index in [4.69, 9.17) is 0 Å². The molecule has 0 rings (SSSR count). The van der Waals surface area contributed by atoms with E-state index in [0.717, 1.165) is 6.54 Å². The number of carbonyl (C=O) groups excluding carboxylic acids is 2. The van der Waals surface area contributed by atoms with E-state index in [9.17, 15) is 9.59 Å². The van der Waals surface area contributed by atoms with Crippen LogP contribution < -0.4 is 10.6 Å². The Morgan fingerprint density at radius 3 is 2.18 bits per heavy atom. The van der Waals surface area contributed by atoms with Crippen molar-refractivity contribution in [2.75, 3.05) is 19.6 Å². The van der Waals surface area contributed by atoms with Crippen LogP contribution >= 0.6 is 0 Å². The average molecular weight is 243 g/mol. The highest BCUT2D eigenvalue weighted by Crippen LogP contribution is 1.98. The maximum atomic E-state index is 11.3. The van der Waals surface area contributed by atoms with E-state index in [1.807, 2.05) is 13.8 Å². The first-order valence-electron chi connectivity index (χ1n) is 6.12. The number of nitrogens with zero attached hydrogens (tertiary/aromatic N) is 1. The lowest BCUT2D eigenvalue weighted by Crippen LogP contribution is -2.44. The van der Waals surface area contributed by atoms with Crippen LogP contribution in [0.3, 0.4) is 0 Å². The van der Waals surface area contributed by atoms with Crippen LogP contribution in [0.15, 0.2) is 0 Å². The monoisotopic (exact) mass is 243 g/mol. The van der Waals surface area contributed by atoms with Gasteiger partial charge in [-0.2, -0.15) is 0 Å². The molecule has 0 saturated heterocycles. The Labute approximate surface area is 104 Å². The van der Waals surface area contributed by atoms with Crippen LogP contribution in [-0.2, 0) is 4.79 Å². The van der Waals surface area contributed by atoms with Gasteiger partial charge in [-0.3, -0.25) is 4.79 Å². The van der Waals surface area contributed by atoms with E-state index in [1.165, 1.54) is 0 Å². The van der Waals surface area contributed by atoms with Crippen LogP contribution in [0, 0.1) is 5.92 Å². The Balaban J connectivity index is 3.90. The number of urea groups is 1. The molecule has 0 aromatic carbocycles. The van der Waals surface area contributed by atoms with E-state index in [-0.39, 0.29) is 18.0 Å². The first kappa shape index (κ1) is 15.7. The molecule has 0 saturated carbocycles. The normalized spacial score (nSPS) is 10.5. The highest BCUT2D eigenvalue weighted by molar-refractivity contribution is 5.75. The van der Waals surface area contributed by atoms with Gasteiger partial charge in [-0.05, 0) is 19.8 Å². The molecular weight excluding hydrogens is 218 g/mol. The smallest absolute Gasteiger partial charge is 0.315 e. The molecule has 0 aliphatic heterocycles. The second-order valence-corrected chi connectivity index (χ2v) is 4.91.